The third kappa shape index (κ3) is 8.53. The molecule has 0 aliphatic heterocycles. The van der Waals surface area contributed by atoms with Crippen molar-refractivity contribution in [2.75, 3.05) is 13.1 Å². The topological polar surface area (TPSA) is 88.1 Å². The van der Waals surface area contributed by atoms with Crippen LogP contribution in [0.15, 0.2) is 54.6 Å². The van der Waals surface area contributed by atoms with Gasteiger partial charge in [0, 0.05) is 19.5 Å². The largest absolute Gasteiger partial charge is 0.508 e. The van der Waals surface area contributed by atoms with Crippen LogP contribution in [0, 0.1) is 0 Å². The van der Waals surface area contributed by atoms with E-state index in [9.17, 15) is 14.7 Å². The Labute approximate surface area is 177 Å². The molecule has 0 unspecified atom stereocenters. The number of benzene rings is 2. The Morgan fingerprint density at radius 2 is 1.67 bits per heavy atom. The second-order valence-electron chi connectivity index (χ2n) is 7.90. The lowest BCUT2D eigenvalue weighted by atomic mass is 10.1. The zero-order valence-electron chi connectivity index (χ0n) is 17.8. The van der Waals surface area contributed by atoms with E-state index in [0.717, 1.165) is 11.1 Å². The first-order chi connectivity index (χ1) is 14.2. The zero-order chi connectivity index (χ0) is 22.0. The molecule has 0 aliphatic rings. The SMILES string of the molecule is CC(C)(C)OC(=O)N(CCC(=O)NOCc1ccccc1)CCc1ccccc1O. The van der Waals surface area contributed by atoms with Crippen molar-refractivity contribution in [2.45, 2.75) is 45.8 Å². The van der Waals surface area contributed by atoms with Crippen molar-refractivity contribution >= 4 is 12.0 Å². The minimum atomic E-state index is -0.648. The predicted octanol–water partition coefficient (Wildman–Crippen LogP) is 3.81. The molecular formula is C23H30N2O5. The Kier molecular flexibility index (Phi) is 8.68. The molecule has 0 radical (unpaired) electrons. The van der Waals surface area contributed by atoms with Crippen LogP contribution in [0.3, 0.4) is 0 Å². The van der Waals surface area contributed by atoms with Gasteiger partial charge in [0.2, 0.25) is 5.91 Å². The average molecular weight is 415 g/mol. The van der Waals surface area contributed by atoms with Gasteiger partial charge < -0.3 is 14.7 Å². The smallest absolute Gasteiger partial charge is 0.410 e. The van der Waals surface area contributed by atoms with Gasteiger partial charge in [-0.1, -0.05) is 48.5 Å². The molecule has 0 bridgehead atoms. The number of hydrogen-bond acceptors (Lipinski definition) is 5. The van der Waals surface area contributed by atoms with Crippen molar-refractivity contribution in [2.24, 2.45) is 0 Å². The number of phenolic OH excluding ortho intramolecular Hbond substituents is 1. The van der Waals surface area contributed by atoms with E-state index in [-0.39, 0.29) is 31.2 Å². The van der Waals surface area contributed by atoms with E-state index in [2.05, 4.69) is 5.48 Å². The first-order valence-electron chi connectivity index (χ1n) is 9.94. The number of hydrogen-bond donors (Lipinski definition) is 2. The molecule has 162 valence electrons. The summed E-state index contributed by atoms with van der Waals surface area (Å²) in [5, 5.41) is 9.94. The molecule has 0 atom stereocenters. The van der Waals surface area contributed by atoms with E-state index < -0.39 is 11.7 Å². The van der Waals surface area contributed by atoms with E-state index in [1.807, 2.05) is 36.4 Å². The number of aromatic hydroxyl groups is 1. The second-order valence-corrected chi connectivity index (χ2v) is 7.90. The molecule has 0 aliphatic carbocycles. The Bertz CT molecular complexity index is 818. The molecule has 7 nitrogen and oxygen atoms in total. The summed E-state index contributed by atoms with van der Waals surface area (Å²) in [4.78, 5) is 31.4. The monoisotopic (exact) mass is 414 g/mol. The van der Waals surface area contributed by atoms with E-state index in [0.29, 0.717) is 13.0 Å². The number of carbonyl (C=O) groups is 2. The molecule has 7 heteroatoms. The van der Waals surface area contributed by atoms with Crippen molar-refractivity contribution < 1.29 is 24.3 Å². The highest BCUT2D eigenvalue weighted by Gasteiger charge is 2.23. The number of amides is 2. The average Bonchev–Trinajstić information content (AvgIpc) is 2.68. The maximum atomic E-state index is 12.6. The Hall–Kier alpha value is -3.06. The maximum Gasteiger partial charge on any atom is 0.410 e. The van der Waals surface area contributed by atoms with Gasteiger partial charge in [-0.3, -0.25) is 9.63 Å². The summed E-state index contributed by atoms with van der Waals surface area (Å²) < 4.78 is 5.45. The quantitative estimate of drug-likeness (QED) is 0.609. The third-order valence-electron chi connectivity index (χ3n) is 4.17. The van der Waals surface area contributed by atoms with Gasteiger partial charge in [-0.25, -0.2) is 10.3 Å². The molecule has 30 heavy (non-hydrogen) atoms. The molecule has 2 rings (SSSR count). The molecular weight excluding hydrogens is 384 g/mol. The number of hydroxylamine groups is 1. The van der Waals surface area contributed by atoms with Gasteiger partial charge in [-0.15, -0.1) is 0 Å². The number of ether oxygens (including phenoxy) is 1. The van der Waals surface area contributed by atoms with Crippen LogP contribution < -0.4 is 5.48 Å². The number of nitrogens with zero attached hydrogens (tertiary/aromatic N) is 1. The van der Waals surface area contributed by atoms with Crippen molar-refractivity contribution in [3.8, 4) is 5.75 Å². The van der Waals surface area contributed by atoms with Crippen LogP contribution in [-0.4, -0.2) is 40.7 Å². The van der Waals surface area contributed by atoms with E-state index in [1.165, 1.54) is 4.90 Å². The van der Waals surface area contributed by atoms with Crippen LogP contribution in [-0.2, 0) is 27.4 Å². The lowest BCUT2D eigenvalue weighted by Crippen LogP contribution is -2.40. The lowest BCUT2D eigenvalue weighted by molar-refractivity contribution is -0.134. The van der Waals surface area contributed by atoms with E-state index in [1.54, 1.807) is 39.0 Å². The number of nitrogens with one attached hydrogen (secondary N) is 1. The summed E-state index contributed by atoms with van der Waals surface area (Å²) in [5.74, 6) is -0.157. The normalized spacial score (nSPS) is 11.0. The fourth-order valence-electron chi connectivity index (χ4n) is 2.66. The summed E-state index contributed by atoms with van der Waals surface area (Å²) in [7, 11) is 0. The molecule has 2 amide bonds. The summed E-state index contributed by atoms with van der Waals surface area (Å²) in [6, 6.07) is 16.5. The Morgan fingerprint density at radius 3 is 2.33 bits per heavy atom. The van der Waals surface area contributed by atoms with Gasteiger partial charge in [-0.05, 0) is 44.4 Å². The van der Waals surface area contributed by atoms with Crippen molar-refractivity contribution in [1.29, 1.82) is 0 Å². The van der Waals surface area contributed by atoms with Gasteiger partial charge in [-0.2, -0.15) is 0 Å². The van der Waals surface area contributed by atoms with Gasteiger partial charge in [0.1, 0.15) is 11.4 Å². The highest BCUT2D eigenvalue weighted by molar-refractivity contribution is 5.76. The molecule has 2 aromatic rings. The zero-order valence-corrected chi connectivity index (χ0v) is 17.8. The summed E-state index contributed by atoms with van der Waals surface area (Å²) in [6.07, 6.45) is 0.00302. The fraction of sp³-hybridized carbons (Fsp3) is 0.391. The second kappa shape index (κ2) is 11.2. The highest BCUT2D eigenvalue weighted by atomic mass is 16.6. The van der Waals surface area contributed by atoms with Crippen LogP contribution in [0.4, 0.5) is 4.79 Å². The number of para-hydroxylation sites is 1. The molecule has 0 fully saturated rings. The van der Waals surface area contributed by atoms with Crippen LogP contribution in [0.2, 0.25) is 0 Å². The number of carbonyl (C=O) groups excluding carboxylic acids is 2. The lowest BCUT2D eigenvalue weighted by Gasteiger charge is -2.27. The first kappa shape index (κ1) is 23.2. The van der Waals surface area contributed by atoms with Crippen molar-refractivity contribution in [1.82, 2.24) is 10.4 Å². The predicted molar refractivity (Wildman–Crippen MR) is 114 cm³/mol. The molecule has 0 aromatic heterocycles. The summed E-state index contributed by atoms with van der Waals surface area (Å²) >= 11 is 0. The highest BCUT2D eigenvalue weighted by Crippen LogP contribution is 2.17. The standard InChI is InChI=1S/C23H30N2O5/c1-23(2,3)30-22(28)25(15-13-19-11-7-8-12-20(19)26)16-14-21(27)24-29-17-18-9-5-4-6-10-18/h4-12,26H,13-17H2,1-3H3,(H,24,27). The minimum absolute atomic E-state index is 0.0643. The molecule has 0 saturated carbocycles. The summed E-state index contributed by atoms with van der Waals surface area (Å²) in [6.45, 7) is 6.10. The fourth-order valence-corrected chi connectivity index (χ4v) is 2.66. The van der Waals surface area contributed by atoms with Gasteiger partial charge >= 0.3 is 6.09 Å². The van der Waals surface area contributed by atoms with Crippen molar-refractivity contribution in [3.63, 3.8) is 0 Å². The molecule has 2 N–H and O–H groups in total. The van der Waals surface area contributed by atoms with E-state index >= 15 is 0 Å². The number of phenols is 1. The van der Waals surface area contributed by atoms with Crippen LogP contribution in [0.1, 0.15) is 38.3 Å². The summed E-state index contributed by atoms with van der Waals surface area (Å²) in [5.41, 5.74) is 3.42. The number of rotatable bonds is 9. The van der Waals surface area contributed by atoms with Crippen molar-refractivity contribution in [3.05, 3.63) is 65.7 Å². The molecule has 0 heterocycles. The Balaban J connectivity index is 1.87. The first-order valence-corrected chi connectivity index (χ1v) is 9.94. The third-order valence-corrected chi connectivity index (χ3v) is 4.17. The molecule has 0 saturated heterocycles. The van der Waals surface area contributed by atoms with Crippen LogP contribution in [0.25, 0.3) is 0 Å². The van der Waals surface area contributed by atoms with Crippen LogP contribution in [0.5, 0.6) is 5.75 Å². The van der Waals surface area contributed by atoms with Gasteiger partial charge in [0.05, 0.1) is 6.61 Å². The Morgan fingerprint density at radius 1 is 1.00 bits per heavy atom. The maximum absolute atomic E-state index is 12.6. The van der Waals surface area contributed by atoms with E-state index in [4.69, 9.17) is 9.57 Å². The van der Waals surface area contributed by atoms with Crippen LogP contribution >= 0.6 is 0 Å². The van der Waals surface area contributed by atoms with Gasteiger partial charge in [0.25, 0.3) is 0 Å². The minimum Gasteiger partial charge on any atom is -0.508 e. The van der Waals surface area contributed by atoms with Gasteiger partial charge in [0.15, 0.2) is 0 Å². The molecule has 2 aromatic carbocycles. The molecule has 0 spiro atoms.